The summed E-state index contributed by atoms with van der Waals surface area (Å²) in [6.07, 6.45) is 3.69. The highest BCUT2D eigenvalue weighted by Gasteiger charge is 2.91. The van der Waals surface area contributed by atoms with Crippen molar-refractivity contribution in [3.05, 3.63) is 0 Å². The Labute approximate surface area is 189 Å². The number of hydrogen-bond acceptors (Lipinski definition) is 7. The van der Waals surface area contributed by atoms with Crippen molar-refractivity contribution >= 4 is 17.7 Å². The first kappa shape index (κ1) is 22.3. The average molecular weight is 449 g/mol. The monoisotopic (exact) mass is 448 g/mol. The molecule has 1 heterocycles. The molecule has 0 radical (unpaired) electrons. The summed E-state index contributed by atoms with van der Waals surface area (Å²) in [6.45, 7) is 8.62. The first-order chi connectivity index (χ1) is 14.9. The zero-order valence-electron chi connectivity index (χ0n) is 19.8. The molecule has 4 saturated carbocycles. The van der Waals surface area contributed by atoms with Gasteiger partial charge in [0, 0.05) is 31.1 Å². The number of epoxide rings is 1. The van der Waals surface area contributed by atoms with Crippen molar-refractivity contribution in [2.75, 3.05) is 0 Å². The van der Waals surface area contributed by atoms with Gasteiger partial charge in [-0.3, -0.25) is 14.4 Å². The summed E-state index contributed by atoms with van der Waals surface area (Å²) in [7, 11) is 0. The second-order valence-electron chi connectivity index (χ2n) is 11.6. The number of esters is 2. The molecule has 178 valence electrons. The lowest BCUT2D eigenvalue weighted by molar-refractivity contribution is -0.224. The minimum absolute atomic E-state index is 0.0629. The molecule has 7 heteroatoms. The fraction of sp³-hybridized carbons (Fsp3) is 0.880. The number of rotatable bonds is 3. The number of fused-ring (bicyclic) bond motifs is 2. The number of ether oxygens (including phenoxy) is 3. The first-order valence-electron chi connectivity index (χ1n) is 12.2. The second-order valence-corrected chi connectivity index (χ2v) is 11.6. The van der Waals surface area contributed by atoms with Crippen LogP contribution in [0.25, 0.3) is 0 Å². The van der Waals surface area contributed by atoms with Crippen molar-refractivity contribution in [1.29, 1.82) is 0 Å². The van der Waals surface area contributed by atoms with E-state index >= 15 is 0 Å². The largest absolute Gasteiger partial charge is 0.458 e. The average Bonchev–Trinajstić information content (AvgIpc) is 3.23. The van der Waals surface area contributed by atoms with Gasteiger partial charge in [-0.15, -0.1) is 0 Å². The van der Waals surface area contributed by atoms with E-state index in [2.05, 4.69) is 6.92 Å². The normalized spacial score (nSPS) is 53.2. The Hall–Kier alpha value is -1.47. The maximum Gasteiger partial charge on any atom is 0.303 e. The van der Waals surface area contributed by atoms with Gasteiger partial charge in [-0.05, 0) is 63.2 Å². The van der Waals surface area contributed by atoms with Gasteiger partial charge >= 0.3 is 11.9 Å². The van der Waals surface area contributed by atoms with Gasteiger partial charge in [0.05, 0.1) is 6.10 Å². The van der Waals surface area contributed by atoms with E-state index in [1.807, 2.05) is 6.92 Å². The number of Topliss-reactive ketones (excluding diaryl/α,β-unsaturated/α-hetero) is 1. The van der Waals surface area contributed by atoms with Gasteiger partial charge in [0.1, 0.15) is 29.2 Å². The number of carbonyl (C=O) groups excluding carboxylic acids is 3. The number of carbonyl (C=O) groups is 3. The van der Waals surface area contributed by atoms with Gasteiger partial charge in [0.25, 0.3) is 0 Å². The SMILES string of the molecule is CC(=O)O[C@@H]1[C@@H](OC(C)=O)[C@]2(C)[C@@H](C(C)=O)CC[C@@]23O[C@]32CC[C@H]3C[C@@H](O)CC[C@]3(C)[C@@H]12. The molecule has 5 fully saturated rings. The smallest absolute Gasteiger partial charge is 0.303 e. The predicted molar refractivity (Wildman–Crippen MR) is 113 cm³/mol. The van der Waals surface area contributed by atoms with Crippen LogP contribution in [0.1, 0.15) is 79.6 Å². The lowest BCUT2D eigenvalue weighted by Crippen LogP contribution is -2.70. The van der Waals surface area contributed by atoms with Crippen molar-refractivity contribution in [3.8, 4) is 0 Å². The van der Waals surface area contributed by atoms with Crippen LogP contribution in [-0.4, -0.2) is 52.3 Å². The molecule has 0 unspecified atom stereocenters. The molecule has 0 aromatic heterocycles. The minimum atomic E-state index is -0.751. The lowest BCUT2D eigenvalue weighted by Gasteiger charge is -2.61. The van der Waals surface area contributed by atoms with Crippen LogP contribution >= 0.6 is 0 Å². The standard InChI is InChI=1S/C25H36O7/c1-13(26)18-8-11-25-23(18,5)21(31-15(3)28)19(30-14(2)27)20-22(4)9-7-17(29)12-16(22)6-10-24(20,25)32-25/h16-21,29H,6-12H2,1-5H3/t16-,17-,18+,19-,20+,21+,22-,23-,24-,25+/m0/s1. The van der Waals surface area contributed by atoms with Crippen molar-refractivity contribution in [3.63, 3.8) is 0 Å². The van der Waals surface area contributed by atoms with E-state index in [9.17, 15) is 19.5 Å². The Morgan fingerprint density at radius 2 is 1.62 bits per heavy atom. The van der Waals surface area contributed by atoms with Crippen LogP contribution in [0.5, 0.6) is 0 Å². The molecular weight excluding hydrogens is 412 g/mol. The van der Waals surface area contributed by atoms with Crippen molar-refractivity contribution in [1.82, 2.24) is 0 Å². The summed E-state index contributed by atoms with van der Waals surface area (Å²) in [5, 5.41) is 10.4. The summed E-state index contributed by atoms with van der Waals surface area (Å²) in [6, 6.07) is 0. The Kier molecular flexibility index (Phi) is 4.73. The van der Waals surface area contributed by atoms with Gasteiger partial charge < -0.3 is 19.3 Å². The van der Waals surface area contributed by atoms with Crippen LogP contribution in [0, 0.1) is 28.6 Å². The molecule has 0 bridgehead atoms. The quantitative estimate of drug-likeness (QED) is 0.523. The zero-order valence-corrected chi connectivity index (χ0v) is 19.8. The third-order valence-electron chi connectivity index (χ3n) is 10.3. The Bertz CT molecular complexity index is 870. The van der Waals surface area contributed by atoms with Crippen molar-refractivity contribution < 1.29 is 33.7 Å². The number of aliphatic hydroxyl groups excluding tert-OH is 1. The Morgan fingerprint density at radius 3 is 2.25 bits per heavy atom. The van der Waals surface area contributed by atoms with Crippen LogP contribution in [-0.2, 0) is 28.6 Å². The van der Waals surface area contributed by atoms with Crippen molar-refractivity contribution in [2.24, 2.45) is 28.6 Å². The molecule has 1 saturated heterocycles. The number of hydrogen-bond donors (Lipinski definition) is 1. The highest BCUT2D eigenvalue weighted by Crippen LogP contribution is 2.81. The van der Waals surface area contributed by atoms with Gasteiger partial charge in [-0.2, -0.15) is 0 Å². The van der Waals surface area contributed by atoms with E-state index in [1.165, 1.54) is 13.8 Å². The Balaban J connectivity index is 1.69. The molecule has 5 aliphatic rings. The summed E-state index contributed by atoms with van der Waals surface area (Å²) in [4.78, 5) is 37.4. The second kappa shape index (κ2) is 6.78. The van der Waals surface area contributed by atoms with Gasteiger partial charge in [0.15, 0.2) is 0 Å². The molecule has 1 N–H and O–H groups in total. The summed E-state index contributed by atoms with van der Waals surface area (Å²) >= 11 is 0. The highest BCUT2D eigenvalue weighted by atomic mass is 16.7. The zero-order chi connectivity index (χ0) is 23.3. The molecule has 2 spiro atoms. The van der Waals surface area contributed by atoms with Gasteiger partial charge in [0.2, 0.25) is 0 Å². The predicted octanol–water partition coefficient (Wildman–Crippen LogP) is 2.95. The molecule has 7 nitrogen and oxygen atoms in total. The van der Waals surface area contributed by atoms with Crippen LogP contribution in [0.15, 0.2) is 0 Å². The van der Waals surface area contributed by atoms with E-state index in [0.29, 0.717) is 12.8 Å². The third kappa shape index (κ3) is 2.53. The first-order valence-corrected chi connectivity index (χ1v) is 12.2. The topological polar surface area (TPSA) is 102 Å². The summed E-state index contributed by atoms with van der Waals surface area (Å²) < 4.78 is 18.9. The molecule has 10 atom stereocenters. The molecule has 32 heavy (non-hydrogen) atoms. The number of ketones is 1. The summed E-state index contributed by atoms with van der Waals surface area (Å²) in [5.74, 6) is -0.973. The van der Waals surface area contributed by atoms with Crippen LogP contribution in [0.4, 0.5) is 0 Å². The van der Waals surface area contributed by atoms with Crippen LogP contribution in [0.2, 0.25) is 0 Å². The molecule has 0 amide bonds. The van der Waals surface area contributed by atoms with E-state index < -0.39 is 40.8 Å². The fourth-order valence-corrected chi connectivity index (χ4v) is 9.11. The molecule has 5 rings (SSSR count). The molecule has 4 aliphatic carbocycles. The lowest BCUT2D eigenvalue weighted by atomic mass is 9.43. The summed E-state index contributed by atoms with van der Waals surface area (Å²) in [5.41, 5.74) is -2.01. The van der Waals surface area contributed by atoms with E-state index in [0.717, 1.165) is 32.1 Å². The van der Waals surface area contributed by atoms with E-state index in [1.54, 1.807) is 6.92 Å². The highest BCUT2D eigenvalue weighted by molar-refractivity contribution is 5.81. The third-order valence-corrected chi connectivity index (χ3v) is 10.3. The molecule has 1 aliphatic heterocycles. The maximum absolute atomic E-state index is 12.8. The van der Waals surface area contributed by atoms with Crippen LogP contribution in [0.3, 0.4) is 0 Å². The van der Waals surface area contributed by atoms with Gasteiger partial charge in [-0.1, -0.05) is 13.8 Å². The van der Waals surface area contributed by atoms with Crippen LogP contribution < -0.4 is 0 Å². The number of aliphatic hydroxyl groups is 1. The molecule has 0 aromatic carbocycles. The Morgan fingerprint density at radius 1 is 0.938 bits per heavy atom. The van der Waals surface area contributed by atoms with Crippen molar-refractivity contribution in [2.45, 2.75) is 109 Å². The molecular formula is C25H36O7. The minimum Gasteiger partial charge on any atom is -0.458 e. The fourth-order valence-electron chi connectivity index (χ4n) is 9.11. The maximum atomic E-state index is 12.8. The van der Waals surface area contributed by atoms with E-state index in [4.69, 9.17) is 14.2 Å². The van der Waals surface area contributed by atoms with Gasteiger partial charge in [-0.25, -0.2) is 0 Å². The molecule has 0 aromatic rings. The van der Waals surface area contributed by atoms with E-state index in [-0.39, 0.29) is 35.1 Å².